The topological polar surface area (TPSA) is 35.4 Å². The van der Waals surface area contributed by atoms with Gasteiger partial charge in [0.15, 0.2) is 0 Å². The first-order valence-corrected chi connectivity index (χ1v) is 4.78. The summed E-state index contributed by atoms with van der Waals surface area (Å²) in [6, 6.07) is 0. The first kappa shape index (κ1) is 6.43. The molecule has 2 nitrogen and oxygen atoms in total. The van der Waals surface area contributed by atoms with E-state index >= 15 is 0 Å². The maximum atomic E-state index is 11.2. The van der Waals surface area contributed by atoms with E-state index in [-0.39, 0.29) is 0 Å². The van der Waals surface area contributed by atoms with Crippen LogP contribution >= 0.6 is 0 Å². The summed E-state index contributed by atoms with van der Waals surface area (Å²) in [4.78, 5) is 5.24. The number of hydrogen-bond donors (Lipinski definition) is 0. The summed E-state index contributed by atoms with van der Waals surface area (Å²) in [5.74, 6) is 1.35. The monoisotopic (exact) mass is 155 g/mol. The Balaban J connectivity index is 2.25. The lowest BCUT2D eigenvalue weighted by Crippen LogP contribution is -2.09. The number of fused-ring (bicyclic) bond motifs is 1. The van der Waals surface area contributed by atoms with Gasteiger partial charge in [0.1, 0.15) is 10.7 Å². The molecule has 0 spiro atoms. The maximum Gasteiger partial charge on any atom is 0.136 e. The molecule has 2 aliphatic rings. The molecule has 0 aromatic heterocycles. The Labute approximate surface area is 63.2 Å². The molecule has 0 amide bonds. The van der Waals surface area contributed by atoms with Crippen LogP contribution in [-0.2, 0) is 11.2 Å². The fourth-order valence-electron chi connectivity index (χ4n) is 1.40. The van der Waals surface area contributed by atoms with Gasteiger partial charge in [-0.25, -0.2) is 0 Å². The molecule has 2 heterocycles. The van der Waals surface area contributed by atoms with Crippen LogP contribution in [0.15, 0.2) is 16.0 Å². The van der Waals surface area contributed by atoms with Gasteiger partial charge in [-0.15, -0.1) is 0 Å². The normalized spacial score (nSPS) is 37.5. The van der Waals surface area contributed by atoms with Gasteiger partial charge in [-0.1, -0.05) is 0 Å². The predicted molar refractivity (Wildman–Crippen MR) is 42.6 cm³/mol. The maximum absolute atomic E-state index is 11.2. The minimum atomic E-state index is -0.669. The van der Waals surface area contributed by atoms with Gasteiger partial charge in [0.25, 0.3) is 0 Å². The van der Waals surface area contributed by atoms with Crippen molar-refractivity contribution in [2.24, 2.45) is 10.9 Å². The first-order chi connectivity index (χ1) is 4.88. The van der Waals surface area contributed by atoms with Crippen LogP contribution in [0.3, 0.4) is 0 Å². The molecular weight excluding hydrogens is 146 g/mol. The van der Waals surface area contributed by atoms with E-state index in [1.807, 2.05) is 6.08 Å². The highest BCUT2D eigenvalue weighted by atomic mass is 32.2. The van der Waals surface area contributed by atoms with Gasteiger partial charge in [0.05, 0.1) is 12.5 Å². The first-order valence-electron chi connectivity index (χ1n) is 3.46. The highest BCUT2D eigenvalue weighted by Crippen LogP contribution is 2.31. The third-order valence-electron chi connectivity index (χ3n) is 1.99. The zero-order valence-corrected chi connectivity index (χ0v) is 6.43. The van der Waals surface area contributed by atoms with Gasteiger partial charge in [-0.3, -0.25) is 4.99 Å². The number of aliphatic imine (C=N–C) groups is 1. The van der Waals surface area contributed by atoms with Crippen LogP contribution in [0.1, 0.15) is 6.42 Å². The molecule has 0 aromatic carbocycles. The van der Waals surface area contributed by atoms with Crippen molar-refractivity contribution in [2.45, 2.75) is 6.42 Å². The highest BCUT2D eigenvalue weighted by molar-refractivity contribution is 7.95. The fraction of sp³-hybridized carbons (Fsp3) is 0.571. The Kier molecular flexibility index (Phi) is 1.54. The molecule has 2 rings (SSSR count). The van der Waals surface area contributed by atoms with Crippen LogP contribution in [0.5, 0.6) is 0 Å². The van der Waals surface area contributed by atoms with Gasteiger partial charge in [0.2, 0.25) is 0 Å². The number of dihydropyridines is 1. The molecule has 0 saturated carbocycles. The van der Waals surface area contributed by atoms with Crippen LogP contribution in [-0.4, -0.2) is 23.1 Å². The number of rotatable bonds is 0. The molecule has 10 heavy (non-hydrogen) atoms. The minimum absolute atomic E-state index is 0.505. The summed E-state index contributed by atoms with van der Waals surface area (Å²) in [6.45, 7) is 0.859. The molecule has 2 atom stereocenters. The zero-order chi connectivity index (χ0) is 6.97. The zero-order valence-electron chi connectivity index (χ0n) is 5.62. The smallest absolute Gasteiger partial charge is 0.136 e. The van der Waals surface area contributed by atoms with Crippen LogP contribution in [0.25, 0.3) is 0 Å². The van der Waals surface area contributed by atoms with Crippen molar-refractivity contribution in [3.63, 3.8) is 0 Å². The lowest BCUT2D eigenvalue weighted by Gasteiger charge is -2.09. The summed E-state index contributed by atoms with van der Waals surface area (Å²) in [5.41, 5.74) is 0. The van der Waals surface area contributed by atoms with Crippen molar-refractivity contribution in [1.29, 1.82) is 0 Å². The Bertz CT molecular complexity index is 200. The van der Waals surface area contributed by atoms with Crippen LogP contribution < -0.4 is 0 Å². The number of hydrogen-bond acceptors (Lipinski definition) is 2. The lowest BCUT2D eigenvalue weighted by atomic mass is 10.1. The molecule has 54 valence electrons. The van der Waals surface area contributed by atoms with E-state index in [2.05, 4.69) is 4.99 Å². The third-order valence-corrected chi connectivity index (χ3v) is 3.59. The van der Waals surface area contributed by atoms with Crippen LogP contribution in [0.2, 0.25) is 0 Å². The summed E-state index contributed by atoms with van der Waals surface area (Å²) >= 11 is -0.669. The quantitative estimate of drug-likeness (QED) is 0.475. The number of nitrogens with zero attached hydrogens (tertiary/aromatic N) is 1. The molecule has 2 aliphatic heterocycles. The van der Waals surface area contributed by atoms with E-state index in [1.54, 1.807) is 6.21 Å². The largest absolute Gasteiger partial charge is 0.612 e. The predicted octanol–water partition coefficient (Wildman–Crippen LogP) is 0.723. The van der Waals surface area contributed by atoms with Crippen molar-refractivity contribution in [2.75, 3.05) is 12.3 Å². The SMILES string of the molecule is [O-][S+]1CCC2CN=CC=C21. The molecule has 2 unspecified atom stereocenters. The molecule has 3 heteroatoms. The average Bonchev–Trinajstić information content (AvgIpc) is 2.34. The standard InChI is InChI=1S/C7H9NOS/c9-10-4-2-6-5-8-3-1-7(6)10/h1,3,6H,2,4-5H2. The van der Waals surface area contributed by atoms with E-state index < -0.39 is 11.2 Å². The van der Waals surface area contributed by atoms with Gasteiger partial charge in [-0.05, 0) is 11.2 Å². The average molecular weight is 155 g/mol. The summed E-state index contributed by atoms with van der Waals surface area (Å²) < 4.78 is 11.2. The Morgan fingerprint density at radius 1 is 1.70 bits per heavy atom. The fourth-order valence-corrected chi connectivity index (χ4v) is 2.91. The van der Waals surface area contributed by atoms with E-state index in [9.17, 15) is 4.55 Å². The second kappa shape index (κ2) is 2.40. The van der Waals surface area contributed by atoms with Crippen molar-refractivity contribution in [3.8, 4) is 0 Å². The van der Waals surface area contributed by atoms with Crippen LogP contribution in [0.4, 0.5) is 0 Å². The summed E-state index contributed by atoms with van der Waals surface area (Å²) in [7, 11) is 0. The lowest BCUT2D eigenvalue weighted by molar-refractivity contribution is 0.604. The van der Waals surface area contributed by atoms with Gasteiger partial charge in [-0.2, -0.15) is 0 Å². The number of allylic oxidation sites excluding steroid dienone is 1. The minimum Gasteiger partial charge on any atom is -0.612 e. The van der Waals surface area contributed by atoms with Crippen molar-refractivity contribution in [1.82, 2.24) is 0 Å². The molecule has 0 radical (unpaired) electrons. The molecule has 1 fully saturated rings. The molecular formula is C7H9NOS. The third kappa shape index (κ3) is 0.896. The van der Waals surface area contributed by atoms with Gasteiger partial charge < -0.3 is 4.55 Å². The Hall–Kier alpha value is -0.280. The Morgan fingerprint density at radius 3 is 3.40 bits per heavy atom. The van der Waals surface area contributed by atoms with E-state index in [4.69, 9.17) is 0 Å². The van der Waals surface area contributed by atoms with Crippen molar-refractivity contribution >= 4 is 17.4 Å². The second-order valence-electron chi connectivity index (χ2n) is 2.62. The van der Waals surface area contributed by atoms with Crippen LogP contribution in [0, 0.1) is 5.92 Å². The Morgan fingerprint density at radius 2 is 2.60 bits per heavy atom. The molecule has 0 aromatic rings. The van der Waals surface area contributed by atoms with E-state index in [0.717, 1.165) is 23.6 Å². The molecule has 0 aliphatic carbocycles. The van der Waals surface area contributed by atoms with Crippen molar-refractivity contribution < 1.29 is 4.55 Å². The molecule has 1 saturated heterocycles. The van der Waals surface area contributed by atoms with Gasteiger partial charge in [0, 0.05) is 18.7 Å². The van der Waals surface area contributed by atoms with Crippen molar-refractivity contribution in [3.05, 3.63) is 11.0 Å². The summed E-state index contributed by atoms with van der Waals surface area (Å²) in [6.07, 6.45) is 4.75. The molecule has 0 bridgehead atoms. The van der Waals surface area contributed by atoms with E-state index in [0.29, 0.717) is 5.92 Å². The summed E-state index contributed by atoms with van der Waals surface area (Å²) in [5, 5.41) is 0. The molecule has 0 N–H and O–H groups in total. The second-order valence-corrected chi connectivity index (χ2v) is 4.19. The highest BCUT2D eigenvalue weighted by Gasteiger charge is 2.33. The van der Waals surface area contributed by atoms with E-state index in [1.165, 1.54) is 0 Å². The van der Waals surface area contributed by atoms with Gasteiger partial charge >= 0.3 is 0 Å².